The van der Waals surface area contributed by atoms with E-state index in [0.29, 0.717) is 11.6 Å². The molecule has 1 heterocycles. The Labute approximate surface area is 127 Å². The zero-order valence-corrected chi connectivity index (χ0v) is 13.2. The van der Waals surface area contributed by atoms with Crippen LogP contribution in [0.25, 0.3) is 11.0 Å². The van der Waals surface area contributed by atoms with Gasteiger partial charge < -0.3 is 9.88 Å². The first-order valence-corrected chi connectivity index (χ1v) is 7.93. The molecule has 0 saturated heterocycles. The normalized spacial score (nSPS) is 11.0. The summed E-state index contributed by atoms with van der Waals surface area (Å²) in [5.41, 5.74) is 1.45. The molecule has 1 N–H and O–H groups in total. The topological polar surface area (TPSA) is 64.0 Å². The third-order valence-corrected chi connectivity index (χ3v) is 3.87. The van der Waals surface area contributed by atoms with Crippen molar-refractivity contribution in [3.8, 4) is 0 Å². The zero-order chi connectivity index (χ0) is 15.4. The second kappa shape index (κ2) is 6.76. The highest BCUT2D eigenvalue weighted by Gasteiger charge is 2.12. The van der Waals surface area contributed by atoms with Crippen molar-refractivity contribution in [2.75, 3.05) is 5.75 Å². The van der Waals surface area contributed by atoms with Crippen LogP contribution in [-0.4, -0.2) is 27.3 Å². The maximum Gasteiger partial charge on any atom is 0.283 e. The highest BCUT2D eigenvalue weighted by Crippen LogP contribution is 2.16. The highest BCUT2D eigenvalue weighted by atomic mass is 32.2. The van der Waals surface area contributed by atoms with Crippen LogP contribution in [0.2, 0.25) is 0 Å². The number of nitrogens with zero attached hydrogens (tertiary/aromatic N) is 2. The van der Waals surface area contributed by atoms with Gasteiger partial charge in [-0.15, -0.1) is 0 Å². The van der Waals surface area contributed by atoms with Crippen molar-refractivity contribution in [2.24, 2.45) is 0 Å². The predicted molar refractivity (Wildman–Crippen MR) is 85.7 cm³/mol. The van der Waals surface area contributed by atoms with Crippen LogP contribution in [0.15, 0.2) is 34.1 Å². The average molecular weight is 305 g/mol. The van der Waals surface area contributed by atoms with E-state index in [4.69, 9.17) is 0 Å². The number of aryl methyl sites for hydroxylation is 1. The lowest BCUT2D eigenvalue weighted by atomic mass is 10.3. The van der Waals surface area contributed by atoms with Gasteiger partial charge in [-0.25, -0.2) is 4.98 Å². The first kappa shape index (κ1) is 15.6. The molecule has 0 aliphatic rings. The summed E-state index contributed by atoms with van der Waals surface area (Å²) < 4.78 is 1.69. The van der Waals surface area contributed by atoms with Crippen LogP contribution in [0, 0.1) is 0 Å². The fraction of sp³-hybridized carbons (Fsp3) is 0.400. The molecule has 5 nitrogen and oxygen atoms in total. The molecular formula is C15H19N3O2S. The van der Waals surface area contributed by atoms with Crippen LogP contribution >= 0.6 is 11.8 Å². The summed E-state index contributed by atoms with van der Waals surface area (Å²) in [7, 11) is 0. The van der Waals surface area contributed by atoms with E-state index in [1.807, 2.05) is 45.0 Å². The summed E-state index contributed by atoms with van der Waals surface area (Å²) in [6.45, 7) is 6.31. The molecule has 0 unspecified atom stereocenters. The molecular weight excluding hydrogens is 286 g/mol. The van der Waals surface area contributed by atoms with Gasteiger partial charge in [0, 0.05) is 12.6 Å². The summed E-state index contributed by atoms with van der Waals surface area (Å²) in [5.74, 6) is 0.107. The lowest BCUT2D eigenvalue weighted by molar-refractivity contribution is -0.119. The number of carbonyl (C=O) groups excluding carboxylic acids is 1. The number of para-hydroxylation sites is 2. The number of carbonyl (C=O) groups is 1. The standard InChI is InChI=1S/C15H19N3O2S/c1-4-18-12-8-6-5-7-11(12)17-14(15(18)20)21-9-13(19)16-10(2)3/h5-8,10H,4,9H2,1-3H3,(H,16,19). The van der Waals surface area contributed by atoms with Crippen LogP contribution in [0.5, 0.6) is 0 Å². The first-order chi connectivity index (χ1) is 10.0. The van der Waals surface area contributed by atoms with Crippen LogP contribution < -0.4 is 10.9 Å². The zero-order valence-electron chi connectivity index (χ0n) is 12.4. The van der Waals surface area contributed by atoms with Gasteiger partial charge in [-0.2, -0.15) is 0 Å². The molecule has 0 aliphatic carbocycles. The minimum atomic E-state index is -0.140. The monoisotopic (exact) mass is 305 g/mol. The molecule has 0 fully saturated rings. The van der Waals surface area contributed by atoms with Gasteiger partial charge in [0.05, 0.1) is 16.8 Å². The molecule has 112 valence electrons. The molecule has 0 aliphatic heterocycles. The summed E-state index contributed by atoms with van der Waals surface area (Å²) in [5, 5.41) is 3.17. The Morgan fingerprint density at radius 1 is 1.38 bits per heavy atom. The maximum atomic E-state index is 12.4. The number of aromatic nitrogens is 2. The van der Waals surface area contributed by atoms with Crippen molar-refractivity contribution in [1.29, 1.82) is 0 Å². The maximum absolute atomic E-state index is 12.4. The van der Waals surface area contributed by atoms with E-state index in [1.165, 1.54) is 11.8 Å². The SMILES string of the molecule is CCn1c(=O)c(SCC(=O)NC(C)C)nc2ccccc21. The van der Waals surface area contributed by atoms with Crippen molar-refractivity contribution in [3.63, 3.8) is 0 Å². The minimum absolute atomic E-state index is 0.0904. The van der Waals surface area contributed by atoms with E-state index in [-0.39, 0.29) is 23.3 Å². The van der Waals surface area contributed by atoms with E-state index in [1.54, 1.807) is 4.57 Å². The smallest absolute Gasteiger partial charge is 0.283 e. The predicted octanol–water partition coefficient (Wildman–Crippen LogP) is 2.03. The van der Waals surface area contributed by atoms with Gasteiger partial charge in [-0.1, -0.05) is 23.9 Å². The Bertz CT molecular complexity index is 710. The third-order valence-electron chi connectivity index (χ3n) is 2.93. The molecule has 6 heteroatoms. The number of hydrogen-bond acceptors (Lipinski definition) is 4. The van der Waals surface area contributed by atoms with Gasteiger partial charge in [0.15, 0.2) is 5.03 Å². The van der Waals surface area contributed by atoms with Crippen molar-refractivity contribution in [3.05, 3.63) is 34.6 Å². The molecule has 0 saturated carbocycles. The van der Waals surface area contributed by atoms with Crippen LogP contribution in [-0.2, 0) is 11.3 Å². The summed E-state index contributed by atoms with van der Waals surface area (Å²) >= 11 is 1.19. The van der Waals surface area contributed by atoms with Crippen LogP contribution in [0.3, 0.4) is 0 Å². The van der Waals surface area contributed by atoms with E-state index in [9.17, 15) is 9.59 Å². The largest absolute Gasteiger partial charge is 0.353 e. The summed E-state index contributed by atoms with van der Waals surface area (Å²) in [4.78, 5) is 28.5. The number of amides is 1. The molecule has 21 heavy (non-hydrogen) atoms. The second-order valence-corrected chi connectivity index (χ2v) is 5.93. The summed E-state index contributed by atoms with van der Waals surface area (Å²) in [6.07, 6.45) is 0. The molecule has 0 radical (unpaired) electrons. The number of rotatable bonds is 5. The van der Waals surface area contributed by atoms with Gasteiger partial charge in [-0.05, 0) is 32.9 Å². The first-order valence-electron chi connectivity index (χ1n) is 6.94. The third kappa shape index (κ3) is 3.64. The second-order valence-electron chi connectivity index (χ2n) is 4.97. The van der Waals surface area contributed by atoms with Crippen LogP contribution in [0.4, 0.5) is 0 Å². The van der Waals surface area contributed by atoms with Gasteiger partial charge in [0.1, 0.15) is 0 Å². The fourth-order valence-electron chi connectivity index (χ4n) is 2.07. The molecule has 2 rings (SSSR count). The van der Waals surface area contributed by atoms with Gasteiger partial charge in [0.2, 0.25) is 5.91 Å². The lowest BCUT2D eigenvalue weighted by Crippen LogP contribution is -2.32. The summed E-state index contributed by atoms with van der Waals surface area (Å²) in [6, 6.07) is 7.62. The Kier molecular flexibility index (Phi) is 5.01. The van der Waals surface area contributed by atoms with Crippen LogP contribution in [0.1, 0.15) is 20.8 Å². The number of nitrogens with one attached hydrogen (secondary N) is 1. The van der Waals surface area contributed by atoms with Gasteiger partial charge >= 0.3 is 0 Å². The minimum Gasteiger partial charge on any atom is -0.353 e. The molecule has 0 atom stereocenters. The van der Waals surface area contributed by atoms with Gasteiger partial charge in [-0.3, -0.25) is 9.59 Å². The number of thioether (sulfide) groups is 1. The molecule has 0 spiro atoms. The molecule has 1 aromatic heterocycles. The Hall–Kier alpha value is -1.82. The number of fused-ring (bicyclic) bond motifs is 1. The van der Waals surface area contributed by atoms with Crippen molar-refractivity contribution >= 4 is 28.7 Å². The average Bonchev–Trinajstić information content (AvgIpc) is 2.44. The van der Waals surface area contributed by atoms with E-state index in [2.05, 4.69) is 10.3 Å². The number of benzene rings is 1. The Balaban J connectivity index is 2.30. The molecule has 1 amide bonds. The van der Waals surface area contributed by atoms with Gasteiger partial charge in [0.25, 0.3) is 5.56 Å². The van der Waals surface area contributed by atoms with Crippen molar-refractivity contribution < 1.29 is 4.79 Å². The van der Waals surface area contributed by atoms with E-state index < -0.39 is 0 Å². The quantitative estimate of drug-likeness (QED) is 0.859. The lowest BCUT2D eigenvalue weighted by Gasteiger charge is -2.10. The molecule has 1 aromatic carbocycles. The molecule has 2 aromatic rings. The van der Waals surface area contributed by atoms with E-state index >= 15 is 0 Å². The van der Waals surface area contributed by atoms with E-state index in [0.717, 1.165) is 11.0 Å². The highest BCUT2D eigenvalue weighted by molar-refractivity contribution is 7.99. The number of hydrogen-bond donors (Lipinski definition) is 1. The van der Waals surface area contributed by atoms with Crippen molar-refractivity contribution in [1.82, 2.24) is 14.9 Å². The Morgan fingerprint density at radius 3 is 2.76 bits per heavy atom. The molecule has 0 bridgehead atoms. The Morgan fingerprint density at radius 2 is 2.10 bits per heavy atom. The van der Waals surface area contributed by atoms with Crippen molar-refractivity contribution in [2.45, 2.75) is 38.4 Å². The fourth-order valence-corrected chi connectivity index (χ4v) is 2.82.